The van der Waals surface area contributed by atoms with Crippen molar-refractivity contribution in [2.75, 3.05) is 32.9 Å². The Morgan fingerprint density at radius 1 is 1.05 bits per heavy atom. The van der Waals surface area contributed by atoms with Crippen LogP contribution in [-0.2, 0) is 9.09 Å². The van der Waals surface area contributed by atoms with Crippen LogP contribution in [0.4, 0.5) is 0 Å². The highest BCUT2D eigenvalue weighted by atomic mass is 31.1. The fraction of sp³-hybridized carbons (Fsp3) is 1.00. The maximum absolute atomic E-state index is 10.9. The SMILES string of the molecule is CCCC(CCC)(CO[P+](=O)O)N(CCCO)CCCO. The number of hydrogen-bond donors (Lipinski definition) is 3. The Morgan fingerprint density at radius 2 is 1.52 bits per heavy atom. The first kappa shape index (κ1) is 20.9. The molecule has 3 N–H and O–H groups in total. The average molecular weight is 324 g/mol. The predicted molar refractivity (Wildman–Crippen MR) is 83.3 cm³/mol. The lowest BCUT2D eigenvalue weighted by Gasteiger charge is -2.43. The van der Waals surface area contributed by atoms with Crippen LogP contribution in [0, 0.1) is 0 Å². The van der Waals surface area contributed by atoms with Gasteiger partial charge in [0, 0.05) is 36.4 Å². The summed E-state index contributed by atoms with van der Waals surface area (Å²) in [6.07, 6.45) is 4.90. The fourth-order valence-corrected chi connectivity index (χ4v) is 3.24. The molecule has 6 nitrogen and oxygen atoms in total. The smallest absolute Gasteiger partial charge is 0.396 e. The summed E-state index contributed by atoms with van der Waals surface area (Å²) in [5.41, 5.74) is -0.304. The zero-order chi connectivity index (χ0) is 16.1. The van der Waals surface area contributed by atoms with Crippen LogP contribution < -0.4 is 0 Å². The summed E-state index contributed by atoms with van der Waals surface area (Å²) in [6.45, 7) is 5.98. The molecule has 1 unspecified atom stereocenters. The topological polar surface area (TPSA) is 90.2 Å². The van der Waals surface area contributed by atoms with Gasteiger partial charge in [0.05, 0.1) is 0 Å². The first-order chi connectivity index (χ1) is 10.1. The molecular formula is C14H31NO5P+. The van der Waals surface area contributed by atoms with Crippen LogP contribution >= 0.6 is 8.25 Å². The van der Waals surface area contributed by atoms with E-state index in [2.05, 4.69) is 18.7 Å². The molecular weight excluding hydrogens is 293 g/mol. The van der Waals surface area contributed by atoms with E-state index in [0.717, 1.165) is 25.7 Å². The molecule has 0 spiro atoms. The summed E-state index contributed by atoms with van der Waals surface area (Å²) in [6, 6.07) is 0. The third-order valence-electron chi connectivity index (χ3n) is 3.72. The Labute approximate surface area is 129 Å². The molecule has 0 bridgehead atoms. The van der Waals surface area contributed by atoms with Crippen molar-refractivity contribution >= 4 is 8.25 Å². The molecule has 0 amide bonds. The van der Waals surface area contributed by atoms with E-state index in [0.29, 0.717) is 25.9 Å². The first-order valence-electron chi connectivity index (χ1n) is 7.82. The van der Waals surface area contributed by atoms with Crippen LogP contribution in [0.25, 0.3) is 0 Å². The van der Waals surface area contributed by atoms with E-state index in [1.807, 2.05) is 0 Å². The van der Waals surface area contributed by atoms with Gasteiger partial charge in [-0.3, -0.25) is 4.90 Å². The molecule has 0 aromatic heterocycles. The largest absolute Gasteiger partial charge is 0.694 e. The molecule has 0 aromatic rings. The maximum Gasteiger partial charge on any atom is 0.694 e. The van der Waals surface area contributed by atoms with E-state index >= 15 is 0 Å². The van der Waals surface area contributed by atoms with Crippen LogP contribution in [0.1, 0.15) is 52.4 Å². The van der Waals surface area contributed by atoms with Gasteiger partial charge in [0.1, 0.15) is 6.61 Å². The molecule has 0 fully saturated rings. The third kappa shape index (κ3) is 8.19. The summed E-state index contributed by atoms with van der Waals surface area (Å²) >= 11 is 0. The molecule has 0 rings (SSSR count). The van der Waals surface area contributed by atoms with E-state index in [4.69, 9.17) is 19.6 Å². The maximum atomic E-state index is 10.9. The Bertz CT molecular complexity index is 264. The van der Waals surface area contributed by atoms with Crippen molar-refractivity contribution in [1.82, 2.24) is 4.90 Å². The Kier molecular flexibility index (Phi) is 12.4. The molecule has 126 valence electrons. The van der Waals surface area contributed by atoms with Crippen molar-refractivity contribution in [2.45, 2.75) is 57.9 Å². The molecule has 0 heterocycles. The van der Waals surface area contributed by atoms with Gasteiger partial charge in [0.15, 0.2) is 0 Å². The number of nitrogens with zero attached hydrogens (tertiary/aromatic N) is 1. The average Bonchev–Trinajstić information content (AvgIpc) is 2.45. The Hall–Kier alpha value is -0.100. The quantitative estimate of drug-likeness (QED) is 0.424. The summed E-state index contributed by atoms with van der Waals surface area (Å²) in [5.74, 6) is 0. The van der Waals surface area contributed by atoms with Gasteiger partial charge in [0.2, 0.25) is 0 Å². The zero-order valence-electron chi connectivity index (χ0n) is 13.3. The lowest BCUT2D eigenvalue weighted by atomic mass is 9.87. The Balaban J connectivity index is 5.12. The molecule has 0 saturated heterocycles. The summed E-state index contributed by atoms with van der Waals surface area (Å²) in [4.78, 5) is 11.2. The van der Waals surface area contributed by atoms with E-state index in [1.54, 1.807) is 0 Å². The van der Waals surface area contributed by atoms with Gasteiger partial charge in [-0.25, -0.2) is 0 Å². The van der Waals surface area contributed by atoms with Gasteiger partial charge in [0.25, 0.3) is 0 Å². The molecule has 7 heteroatoms. The van der Waals surface area contributed by atoms with E-state index < -0.39 is 8.25 Å². The summed E-state index contributed by atoms with van der Waals surface area (Å²) in [7, 11) is -2.61. The molecule has 21 heavy (non-hydrogen) atoms. The van der Waals surface area contributed by atoms with Crippen molar-refractivity contribution in [2.24, 2.45) is 0 Å². The minimum atomic E-state index is -2.61. The van der Waals surface area contributed by atoms with Gasteiger partial charge in [-0.2, -0.15) is 0 Å². The normalized spacial score (nSPS) is 13.0. The lowest BCUT2D eigenvalue weighted by Crippen LogP contribution is -2.53. The Morgan fingerprint density at radius 3 is 1.86 bits per heavy atom. The second-order valence-corrected chi connectivity index (χ2v) is 6.11. The summed E-state index contributed by atoms with van der Waals surface area (Å²) < 4.78 is 16.0. The number of rotatable bonds is 14. The van der Waals surface area contributed by atoms with Crippen molar-refractivity contribution in [3.63, 3.8) is 0 Å². The van der Waals surface area contributed by atoms with Gasteiger partial charge in [-0.15, -0.1) is 9.42 Å². The second kappa shape index (κ2) is 12.4. The van der Waals surface area contributed by atoms with E-state index in [1.165, 1.54) is 0 Å². The van der Waals surface area contributed by atoms with Gasteiger partial charge in [-0.1, -0.05) is 26.7 Å². The molecule has 0 aromatic carbocycles. The highest BCUT2D eigenvalue weighted by Gasteiger charge is 2.38. The second-order valence-electron chi connectivity index (χ2n) is 5.38. The highest BCUT2D eigenvalue weighted by molar-refractivity contribution is 7.32. The van der Waals surface area contributed by atoms with Gasteiger partial charge >= 0.3 is 8.25 Å². The van der Waals surface area contributed by atoms with Crippen molar-refractivity contribution in [3.05, 3.63) is 0 Å². The van der Waals surface area contributed by atoms with Crippen LogP contribution in [0.2, 0.25) is 0 Å². The molecule has 0 saturated carbocycles. The van der Waals surface area contributed by atoms with Crippen LogP contribution in [0.5, 0.6) is 0 Å². The van der Waals surface area contributed by atoms with Crippen molar-refractivity contribution in [1.29, 1.82) is 0 Å². The standard InChI is InChI=1S/C14H30NO5P/c1-3-7-14(8-4-2,13-20-21(18)19)15(9-5-11-16)10-6-12-17/h16-17H,3-13H2,1-2H3/p+1. The minimum Gasteiger partial charge on any atom is -0.396 e. The third-order valence-corrected chi connectivity index (χ3v) is 4.07. The van der Waals surface area contributed by atoms with Crippen LogP contribution in [0.3, 0.4) is 0 Å². The zero-order valence-corrected chi connectivity index (χ0v) is 14.2. The van der Waals surface area contributed by atoms with Crippen LogP contribution in [0.15, 0.2) is 0 Å². The molecule has 0 aliphatic carbocycles. The minimum absolute atomic E-state index is 0.110. The van der Waals surface area contributed by atoms with E-state index in [-0.39, 0.29) is 25.4 Å². The lowest BCUT2D eigenvalue weighted by molar-refractivity contribution is 0.0142. The predicted octanol–water partition coefficient (Wildman–Crippen LogP) is 2.06. The first-order valence-corrected chi connectivity index (χ1v) is 8.95. The highest BCUT2D eigenvalue weighted by Crippen LogP contribution is 2.31. The van der Waals surface area contributed by atoms with E-state index in [9.17, 15) is 4.57 Å². The molecule has 0 aliphatic rings. The number of aliphatic hydroxyl groups excluding tert-OH is 2. The van der Waals surface area contributed by atoms with Crippen molar-refractivity contribution < 1.29 is 24.2 Å². The number of hydrogen-bond acceptors (Lipinski definition) is 5. The van der Waals surface area contributed by atoms with Crippen LogP contribution in [-0.4, -0.2) is 58.5 Å². The number of aliphatic hydroxyl groups is 2. The molecule has 1 atom stereocenters. The van der Waals surface area contributed by atoms with Crippen molar-refractivity contribution in [3.8, 4) is 0 Å². The van der Waals surface area contributed by atoms with Gasteiger partial charge < -0.3 is 10.2 Å². The fourth-order valence-electron chi connectivity index (χ4n) is 2.89. The van der Waals surface area contributed by atoms with Gasteiger partial charge in [-0.05, 0) is 25.7 Å². The summed E-state index contributed by atoms with van der Waals surface area (Å²) in [5, 5.41) is 18.2. The molecule has 0 radical (unpaired) electrons. The monoisotopic (exact) mass is 324 g/mol. The molecule has 0 aliphatic heterocycles.